The van der Waals surface area contributed by atoms with Gasteiger partial charge in [0, 0.05) is 12.0 Å². The summed E-state index contributed by atoms with van der Waals surface area (Å²) in [6, 6.07) is 0.634. The Morgan fingerprint density at radius 3 is 2.19 bits per heavy atom. The molecule has 2 nitrogen and oxygen atoms in total. The molecule has 1 heterocycles. The Balaban J connectivity index is 2.11. The van der Waals surface area contributed by atoms with Crippen molar-refractivity contribution in [3.8, 4) is 0 Å². The van der Waals surface area contributed by atoms with Gasteiger partial charge in [0.2, 0.25) is 0 Å². The normalized spacial score (nSPS) is 36.6. The predicted octanol–water partition coefficient (Wildman–Crippen LogP) is 4.77. The van der Waals surface area contributed by atoms with Crippen molar-refractivity contribution in [2.45, 2.75) is 97.3 Å². The van der Waals surface area contributed by atoms with E-state index in [2.05, 4.69) is 46.9 Å². The minimum atomic E-state index is -0.00201. The molecular formula is C19H37NO. The average Bonchev–Trinajstić information content (AvgIpc) is 2.60. The number of nitrogens with one attached hydrogen (secondary N) is 1. The lowest BCUT2D eigenvalue weighted by molar-refractivity contribution is -0.0803. The summed E-state index contributed by atoms with van der Waals surface area (Å²) in [4.78, 5) is 0. The molecule has 1 saturated carbocycles. The van der Waals surface area contributed by atoms with Gasteiger partial charge < -0.3 is 10.1 Å². The smallest absolute Gasteiger partial charge is 0.0677 e. The van der Waals surface area contributed by atoms with E-state index in [0.717, 1.165) is 18.4 Å². The molecule has 124 valence electrons. The van der Waals surface area contributed by atoms with Gasteiger partial charge in [0.25, 0.3) is 0 Å². The van der Waals surface area contributed by atoms with Crippen LogP contribution in [0.15, 0.2) is 0 Å². The molecule has 0 aromatic rings. The average molecular weight is 296 g/mol. The zero-order valence-corrected chi connectivity index (χ0v) is 15.2. The summed E-state index contributed by atoms with van der Waals surface area (Å²) in [6.45, 7) is 15.0. The second-order valence-electron chi connectivity index (χ2n) is 8.78. The van der Waals surface area contributed by atoms with Crippen LogP contribution in [0, 0.1) is 17.8 Å². The quantitative estimate of drug-likeness (QED) is 0.788. The fourth-order valence-electron chi connectivity index (χ4n) is 4.76. The summed E-state index contributed by atoms with van der Waals surface area (Å²) in [5.74, 6) is 2.41. The van der Waals surface area contributed by atoms with Crippen molar-refractivity contribution < 1.29 is 4.74 Å². The Bertz CT molecular complexity index is 328. The van der Waals surface area contributed by atoms with Crippen molar-refractivity contribution >= 4 is 0 Å². The van der Waals surface area contributed by atoms with Gasteiger partial charge >= 0.3 is 0 Å². The van der Waals surface area contributed by atoms with E-state index in [9.17, 15) is 0 Å². The van der Waals surface area contributed by atoms with Gasteiger partial charge in [0.15, 0.2) is 0 Å². The molecule has 2 aliphatic rings. The lowest BCUT2D eigenvalue weighted by Gasteiger charge is -2.40. The van der Waals surface area contributed by atoms with Crippen molar-refractivity contribution in [2.75, 3.05) is 6.54 Å². The first kappa shape index (κ1) is 17.3. The van der Waals surface area contributed by atoms with E-state index >= 15 is 0 Å². The highest BCUT2D eigenvalue weighted by Crippen LogP contribution is 2.47. The largest absolute Gasteiger partial charge is 0.369 e. The molecule has 1 N–H and O–H groups in total. The van der Waals surface area contributed by atoms with Gasteiger partial charge in [0.1, 0.15) is 0 Å². The molecule has 0 bridgehead atoms. The highest BCUT2D eigenvalue weighted by molar-refractivity contribution is 5.01. The maximum atomic E-state index is 6.38. The van der Waals surface area contributed by atoms with Gasteiger partial charge in [-0.2, -0.15) is 0 Å². The monoisotopic (exact) mass is 295 g/mol. The molecule has 0 aromatic heterocycles. The molecule has 1 saturated heterocycles. The van der Waals surface area contributed by atoms with Gasteiger partial charge in [-0.1, -0.05) is 26.7 Å². The third-order valence-corrected chi connectivity index (χ3v) is 5.78. The van der Waals surface area contributed by atoms with E-state index in [0.29, 0.717) is 12.0 Å². The maximum absolute atomic E-state index is 6.38. The molecule has 1 aliphatic carbocycles. The molecule has 2 unspecified atom stereocenters. The third kappa shape index (κ3) is 4.22. The minimum Gasteiger partial charge on any atom is -0.369 e. The van der Waals surface area contributed by atoms with E-state index in [1.807, 2.05) is 0 Å². The van der Waals surface area contributed by atoms with Crippen molar-refractivity contribution in [3.63, 3.8) is 0 Å². The summed E-state index contributed by atoms with van der Waals surface area (Å²) in [6.07, 6.45) is 8.02. The Labute approximate surface area is 132 Å². The Kier molecular flexibility index (Phi) is 5.41. The molecule has 0 amide bonds. The van der Waals surface area contributed by atoms with Crippen LogP contribution in [0.4, 0.5) is 0 Å². The van der Waals surface area contributed by atoms with Crippen LogP contribution in [0.2, 0.25) is 0 Å². The second kappa shape index (κ2) is 6.58. The van der Waals surface area contributed by atoms with E-state index in [4.69, 9.17) is 4.74 Å². The third-order valence-electron chi connectivity index (χ3n) is 5.78. The maximum Gasteiger partial charge on any atom is 0.0677 e. The molecule has 1 aliphatic heterocycles. The Morgan fingerprint density at radius 2 is 1.71 bits per heavy atom. The van der Waals surface area contributed by atoms with Crippen LogP contribution in [0.5, 0.6) is 0 Å². The highest BCUT2D eigenvalue weighted by Gasteiger charge is 2.50. The van der Waals surface area contributed by atoms with E-state index < -0.39 is 0 Å². The predicted molar refractivity (Wildman–Crippen MR) is 90.6 cm³/mol. The summed E-state index contributed by atoms with van der Waals surface area (Å²) in [5.41, 5.74) is 0.0280. The van der Waals surface area contributed by atoms with Gasteiger partial charge in [0.05, 0.1) is 11.2 Å². The van der Waals surface area contributed by atoms with Gasteiger partial charge in [-0.15, -0.1) is 0 Å². The summed E-state index contributed by atoms with van der Waals surface area (Å²) in [5, 5.41) is 3.91. The Morgan fingerprint density at radius 1 is 1.10 bits per heavy atom. The standard InChI is InChI=1S/C19H37NO/c1-7-12-20-17(15-10-8-14(2)9-11-15)16-13-18(3,4)21-19(16,5)6/h14-17,20H,7-13H2,1-6H3. The fraction of sp³-hybridized carbons (Fsp3) is 1.00. The van der Waals surface area contributed by atoms with Crippen LogP contribution in [0.1, 0.15) is 80.1 Å². The number of hydrogen-bond acceptors (Lipinski definition) is 2. The second-order valence-corrected chi connectivity index (χ2v) is 8.78. The number of hydrogen-bond donors (Lipinski definition) is 1. The van der Waals surface area contributed by atoms with E-state index in [1.165, 1.54) is 38.5 Å². The molecule has 0 radical (unpaired) electrons. The van der Waals surface area contributed by atoms with Crippen LogP contribution < -0.4 is 5.32 Å². The lowest BCUT2D eigenvalue weighted by Crippen LogP contribution is -2.49. The summed E-state index contributed by atoms with van der Waals surface area (Å²) >= 11 is 0. The van der Waals surface area contributed by atoms with Crippen molar-refractivity contribution in [2.24, 2.45) is 17.8 Å². The first-order valence-corrected chi connectivity index (χ1v) is 9.19. The van der Waals surface area contributed by atoms with Crippen LogP contribution >= 0.6 is 0 Å². The van der Waals surface area contributed by atoms with Crippen molar-refractivity contribution in [1.29, 1.82) is 0 Å². The minimum absolute atomic E-state index is 0.00201. The van der Waals surface area contributed by atoms with Gasteiger partial charge in [-0.25, -0.2) is 0 Å². The van der Waals surface area contributed by atoms with E-state index in [-0.39, 0.29) is 11.2 Å². The first-order valence-electron chi connectivity index (χ1n) is 9.19. The molecule has 2 atom stereocenters. The zero-order valence-electron chi connectivity index (χ0n) is 15.2. The first-order chi connectivity index (χ1) is 9.75. The molecule has 2 heteroatoms. The van der Waals surface area contributed by atoms with Gasteiger partial charge in [-0.05, 0) is 71.8 Å². The number of rotatable bonds is 5. The Hall–Kier alpha value is -0.0800. The van der Waals surface area contributed by atoms with Crippen molar-refractivity contribution in [3.05, 3.63) is 0 Å². The lowest BCUT2D eigenvalue weighted by atomic mass is 9.70. The zero-order chi connectivity index (χ0) is 15.7. The topological polar surface area (TPSA) is 21.3 Å². The van der Waals surface area contributed by atoms with Crippen LogP contribution in [0.3, 0.4) is 0 Å². The molecule has 2 fully saturated rings. The van der Waals surface area contributed by atoms with Crippen LogP contribution in [-0.2, 0) is 4.74 Å². The van der Waals surface area contributed by atoms with Crippen molar-refractivity contribution in [1.82, 2.24) is 5.32 Å². The fourth-order valence-corrected chi connectivity index (χ4v) is 4.76. The molecule has 0 spiro atoms. The van der Waals surface area contributed by atoms with Gasteiger partial charge in [-0.3, -0.25) is 0 Å². The van der Waals surface area contributed by atoms with Crippen LogP contribution in [-0.4, -0.2) is 23.8 Å². The van der Waals surface area contributed by atoms with E-state index in [1.54, 1.807) is 0 Å². The molecule has 0 aromatic carbocycles. The SMILES string of the molecule is CCCNC(C1CCC(C)CC1)C1CC(C)(C)OC1(C)C. The summed E-state index contributed by atoms with van der Waals surface area (Å²) in [7, 11) is 0. The molecule has 2 rings (SSSR count). The summed E-state index contributed by atoms with van der Waals surface area (Å²) < 4.78 is 6.38. The number of ether oxygens (including phenoxy) is 1. The molecular weight excluding hydrogens is 258 g/mol. The molecule has 21 heavy (non-hydrogen) atoms. The highest BCUT2D eigenvalue weighted by atomic mass is 16.5. The van der Waals surface area contributed by atoms with Crippen LogP contribution in [0.25, 0.3) is 0 Å².